The number of nitrogens with one attached hydrogen (secondary N) is 1. The Balaban J connectivity index is 1.39. The number of fused-ring (bicyclic) bond motifs is 7. The lowest BCUT2D eigenvalue weighted by atomic mass is 9.32. The Labute approximate surface area is 251 Å². The van der Waals surface area contributed by atoms with E-state index in [4.69, 9.17) is 9.47 Å². The fourth-order valence-corrected chi connectivity index (χ4v) is 11.5. The second-order valence-electron chi connectivity index (χ2n) is 16.9. The van der Waals surface area contributed by atoms with E-state index in [1.54, 1.807) is 0 Å². The van der Waals surface area contributed by atoms with Gasteiger partial charge in [-0.2, -0.15) is 5.26 Å². The normalized spacial score (nSPS) is 47.1. The molecule has 0 bridgehead atoms. The summed E-state index contributed by atoms with van der Waals surface area (Å²) in [5, 5.41) is 13.3. The van der Waals surface area contributed by atoms with E-state index in [0.717, 1.165) is 51.4 Å². The Bertz CT molecular complexity index is 1270. The number of amides is 1. The number of carbonyl (C=O) groups is 3. The molecule has 42 heavy (non-hydrogen) atoms. The molecule has 0 aromatic heterocycles. The van der Waals surface area contributed by atoms with E-state index in [1.165, 1.54) is 0 Å². The zero-order valence-electron chi connectivity index (χ0n) is 26.7. The van der Waals surface area contributed by atoms with Crippen molar-refractivity contribution in [3.63, 3.8) is 0 Å². The van der Waals surface area contributed by atoms with E-state index in [-0.39, 0.29) is 63.5 Å². The molecular weight excluding hydrogens is 528 g/mol. The summed E-state index contributed by atoms with van der Waals surface area (Å²) < 4.78 is 11.2. The van der Waals surface area contributed by atoms with Gasteiger partial charge in [0.1, 0.15) is 18.0 Å². The molecule has 4 saturated carbocycles. The summed E-state index contributed by atoms with van der Waals surface area (Å²) in [6.07, 6.45) is 8.87. The van der Waals surface area contributed by atoms with E-state index in [0.29, 0.717) is 25.4 Å². The Kier molecular flexibility index (Phi) is 6.68. The molecule has 5 fully saturated rings. The predicted molar refractivity (Wildman–Crippen MR) is 158 cm³/mol. The third kappa shape index (κ3) is 4.02. The molecule has 1 heterocycles. The number of ketones is 2. The highest BCUT2D eigenvalue weighted by Gasteiger charge is 2.72. The third-order valence-electron chi connectivity index (χ3n) is 14.0. The zero-order valence-corrected chi connectivity index (χ0v) is 26.7. The molecule has 230 valence electrons. The molecule has 7 heteroatoms. The first kappa shape index (κ1) is 29.9. The second kappa shape index (κ2) is 9.40. The van der Waals surface area contributed by atoms with Crippen molar-refractivity contribution < 1.29 is 23.9 Å². The van der Waals surface area contributed by atoms with Crippen LogP contribution in [0.5, 0.6) is 0 Å². The highest BCUT2D eigenvalue weighted by atomic mass is 16.6. The average Bonchev–Trinajstić information content (AvgIpc) is 3.41. The van der Waals surface area contributed by atoms with Crippen LogP contribution in [0.15, 0.2) is 11.6 Å². The van der Waals surface area contributed by atoms with E-state index in [2.05, 4.69) is 46.0 Å². The number of rotatable bonds is 2. The van der Waals surface area contributed by atoms with Gasteiger partial charge in [0.15, 0.2) is 5.78 Å². The Morgan fingerprint density at radius 3 is 2.36 bits per heavy atom. The summed E-state index contributed by atoms with van der Waals surface area (Å²) >= 11 is 0. The fourth-order valence-electron chi connectivity index (χ4n) is 11.5. The highest BCUT2D eigenvalue weighted by Crippen LogP contribution is 2.74. The number of nitriles is 1. The van der Waals surface area contributed by atoms with Crippen LogP contribution in [0.4, 0.5) is 4.79 Å². The minimum absolute atomic E-state index is 0.0396. The molecule has 0 spiro atoms. The van der Waals surface area contributed by atoms with Crippen LogP contribution >= 0.6 is 0 Å². The van der Waals surface area contributed by atoms with Crippen LogP contribution in [-0.4, -0.2) is 42.5 Å². The number of alkyl carbamates (subject to hydrolysis) is 1. The van der Waals surface area contributed by atoms with E-state index in [1.807, 2.05) is 19.9 Å². The maximum absolute atomic E-state index is 14.7. The topological polar surface area (TPSA) is 105 Å². The maximum atomic E-state index is 14.7. The van der Waals surface area contributed by atoms with E-state index >= 15 is 0 Å². The molecule has 1 saturated heterocycles. The lowest BCUT2D eigenvalue weighted by molar-refractivity contribution is -0.214. The summed E-state index contributed by atoms with van der Waals surface area (Å²) in [6.45, 7) is 16.7. The lowest BCUT2D eigenvalue weighted by Crippen LogP contribution is -2.72. The van der Waals surface area contributed by atoms with Crippen molar-refractivity contribution in [2.24, 2.45) is 50.7 Å². The van der Waals surface area contributed by atoms with Gasteiger partial charge in [0, 0.05) is 29.7 Å². The Morgan fingerprint density at radius 1 is 0.976 bits per heavy atom. The van der Waals surface area contributed by atoms with Gasteiger partial charge in [0.2, 0.25) is 0 Å². The SMILES string of the molecule is CC1(C)CC[C@]2(NC(=O)OC3CCOC3)CC[C@]3(C)C(C(=O)C[C@@H]4[C@@]5(C)C=C(C#N)C(=O)C(C)(C)[C@@H]5CC[C@]43C)C2C1. The third-order valence-corrected chi connectivity index (χ3v) is 14.0. The minimum Gasteiger partial charge on any atom is -0.444 e. The first-order valence-corrected chi connectivity index (χ1v) is 16.3. The van der Waals surface area contributed by atoms with Crippen molar-refractivity contribution in [1.82, 2.24) is 5.32 Å². The van der Waals surface area contributed by atoms with Crippen molar-refractivity contribution in [3.05, 3.63) is 11.6 Å². The Morgan fingerprint density at radius 2 is 1.69 bits per heavy atom. The fraction of sp³-hybridized carbons (Fsp3) is 0.829. The van der Waals surface area contributed by atoms with Crippen LogP contribution in [0, 0.1) is 62.1 Å². The number of Topliss-reactive ketones (excluding diaryl/α,β-unsaturated/α-hetero) is 2. The average molecular weight is 579 g/mol. The van der Waals surface area contributed by atoms with Crippen LogP contribution < -0.4 is 5.32 Å². The summed E-state index contributed by atoms with van der Waals surface area (Å²) in [6, 6.07) is 2.21. The monoisotopic (exact) mass is 578 g/mol. The molecule has 0 radical (unpaired) electrons. The zero-order chi connectivity index (χ0) is 30.5. The van der Waals surface area contributed by atoms with Gasteiger partial charge >= 0.3 is 6.09 Å². The summed E-state index contributed by atoms with van der Waals surface area (Å²) in [7, 11) is 0. The van der Waals surface area contributed by atoms with Crippen LogP contribution in [0.25, 0.3) is 0 Å². The molecular formula is C35H50N2O5. The van der Waals surface area contributed by atoms with Crippen molar-refractivity contribution in [2.75, 3.05) is 13.2 Å². The molecule has 6 aliphatic rings. The molecule has 3 unspecified atom stereocenters. The van der Waals surface area contributed by atoms with Crippen molar-refractivity contribution in [3.8, 4) is 6.07 Å². The van der Waals surface area contributed by atoms with Gasteiger partial charge in [0.25, 0.3) is 0 Å². The predicted octanol–water partition coefficient (Wildman–Crippen LogP) is 6.55. The molecule has 1 amide bonds. The van der Waals surface area contributed by atoms with Crippen LogP contribution in [0.1, 0.15) is 106 Å². The molecule has 9 atom stereocenters. The van der Waals surface area contributed by atoms with Gasteiger partial charge in [-0.25, -0.2) is 4.79 Å². The number of ether oxygens (including phenoxy) is 2. The molecule has 5 aliphatic carbocycles. The van der Waals surface area contributed by atoms with Gasteiger partial charge in [-0.15, -0.1) is 0 Å². The standard InChI is InChI=1S/C35H50N2O5/c1-30(2)11-13-35(37-29(40)42-22-9-15-41-20-22)14-12-34(7)27(23(35)18-30)24(38)16-26-32(5)17-21(19-36)28(39)31(3,4)25(32)8-10-33(26,34)6/h17,22-23,25-27H,8-16,18,20H2,1-7H3,(H,37,40)/t22?,23?,25-,26+,27?,32-,33+,34+,35-/m0/s1. The smallest absolute Gasteiger partial charge is 0.407 e. The van der Waals surface area contributed by atoms with Gasteiger partial charge < -0.3 is 14.8 Å². The summed E-state index contributed by atoms with van der Waals surface area (Å²) in [5.41, 5.74) is -1.56. The van der Waals surface area contributed by atoms with Crippen molar-refractivity contribution >= 4 is 17.7 Å². The van der Waals surface area contributed by atoms with Crippen LogP contribution in [-0.2, 0) is 19.1 Å². The van der Waals surface area contributed by atoms with Crippen LogP contribution in [0.2, 0.25) is 0 Å². The number of allylic oxidation sites excluding steroid dienone is 2. The number of hydrogen-bond donors (Lipinski definition) is 1. The van der Waals surface area contributed by atoms with Gasteiger partial charge in [0.05, 0.1) is 18.8 Å². The number of nitrogens with zero attached hydrogens (tertiary/aromatic N) is 1. The van der Waals surface area contributed by atoms with Crippen LogP contribution in [0.3, 0.4) is 0 Å². The molecule has 7 nitrogen and oxygen atoms in total. The summed E-state index contributed by atoms with van der Waals surface area (Å²) in [5.74, 6) is 0.272. The van der Waals surface area contributed by atoms with Gasteiger partial charge in [-0.1, -0.05) is 54.5 Å². The van der Waals surface area contributed by atoms with E-state index in [9.17, 15) is 19.6 Å². The highest BCUT2D eigenvalue weighted by molar-refractivity contribution is 6.04. The number of carbonyl (C=O) groups excluding carboxylic acids is 3. The first-order valence-electron chi connectivity index (χ1n) is 16.3. The second-order valence-corrected chi connectivity index (χ2v) is 16.9. The van der Waals surface area contributed by atoms with Gasteiger partial charge in [-0.3, -0.25) is 9.59 Å². The quantitative estimate of drug-likeness (QED) is 0.398. The first-order chi connectivity index (χ1) is 19.5. The van der Waals surface area contributed by atoms with Crippen molar-refractivity contribution in [2.45, 2.75) is 118 Å². The lowest BCUT2D eigenvalue weighted by Gasteiger charge is -2.72. The molecule has 0 aromatic rings. The van der Waals surface area contributed by atoms with E-state index < -0.39 is 16.4 Å². The molecule has 6 rings (SSSR count). The number of hydrogen-bond acceptors (Lipinski definition) is 6. The molecule has 1 N–H and O–H groups in total. The maximum Gasteiger partial charge on any atom is 0.407 e. The van der Waals surface area contributed by atoms with Gasteiger partial charge in [-0.05, 0) is 84.4 Å². The van der Waals surface area contributed by atoms with Crippen molar-refractivity contribution in [1.29, 1.82) is 5.26 Å². The Hall–Kier alpha value is -2.20. The minimum atomic E-state index is -0.638. The largest absolute Gasteiger partial charge is 0.444 e. The molecule has 0 aromatic carbocycles. The summed E-state index contributed by atoms with van der Waals surface area (Å²) in [4.78, 5) is 41.3. The molecule has 1 aliphatic heterocycles.